The Balaban J connectivity index is 1.57. The Morgan fingerprint density at radius 3 is 1.79 bits per heavy atom. The summed E-state index contributed by atoms with van der Waals surface area (Å²) >= 11 is 0. The molecule has 0 aromatic heterocycles. The molecule has 3 atom stereocenters. The molecule has 250 valence electrons. The molecule has 4 aromatic carbocycles. The second-order valence-electron chi connectivity index (χ2n) is 11.2. The van der Waals surface area contributed by atoms with Gasteiger partial charge in [0.2, 0.25) is 5.78 Å². The van der Waals surface area contributed by atoms with Crippen LogP contribution in [0.15, 0.2) is 66.7 Å². The molecule has 0 unspecified atom stereocenters. The van der Waals surface area contributed by atoms with E-state index in [1.165, 1.54) is 35.5 Å². The fraction of sp³-hybridized carbons (Fsp3) is 0.297. The lowest BCUT2D eigenvalue weighted by Gasteiger charge is -2.35. The lowest BCUT2D eigenvalue weighted by atomic mass is 9.79. The fourth-order valence-corrected chi connectivity index (χ4v) is 6.33. The Morgan fingerprint density at radius 2 is 1.23 bits per heavy atom. The second-order valence-corrected chi connectivity index (χ2v) is 11.2. The Morgan fingerprint density at radius 1 is 0.646 bits per heavy atom. The molecule has 0 radical (unpaired) electrons. The summed E-state index contributed by atoms with van der Waals surface area (Å²) in [6.07, 6.45) is -0.985. The third kappa shape index (κ3) is 5.29. The van der Waals surface area contributed by atoms with Crippen LogP contribution in [0.2, 0.25) is 0 Å². The lowest BCUT2D eigenvalue weighted by molar-refractivity contribution is -0.118. The van der Waals surface area contributed by atoms with Crippen molar-refractivity contribution in [3.05, 3.63) is 94.5 Å². The molecule has 0 amide bonds. The predicted octanol–water partition coefficient (Wildman–Crippen LogP) is 6.00. The van der Waals surface area contributed by atoms with Crippen LogP contribution in [-0.2, 0) is 11.2 Å². The zero-order valence-electron chi connectivity index (χ0n) is 27.7. The molecule has 0 saturated carbocycles. The number of carbonyl (C=O) groups is 2. The summed E-state index contributed by atoms with van der Waals surface area (Å²) in [7, 11) is 10.5. The van der Waals surface area contributed by atoms with Crippen LogP contribution in [0.3, 0.4) is 0 Å². The first-order valence-corrected chi connectivity index (χ1v) is 15.1. The van der Waals surface area contributed by atoms with E-state index >= 15 is 0 Å². The van der Waals surface area contributed by atoms with Crippen LogP contribution in [0, 0.1) is 0 Å². The van der Waals surface area contributed by atoms with Crippen molar-refractivity contribution in [2.45, 2.75) is 24.2 Å². The molecule has 2 aliphatic heterocycles. The van der Waals surface area contributed by atoms with Crippen molar-refractivity contribution in [1.29, 1.82) is 0 Å². The van der Waals surface area contributed by atoms with Gasteiger partial charge >= 0.3 is 0 Å². The van der Waals surface area contributed by atoms with E-state index in [-0.39, 0.29) is 46.3 Å². The minimum absolute atomic E-state index is 0.0650. The summed E-state index contributed by atoms with van der Waals surface area (Å²) in [5.41, 5.74) is 2.11. The number of Topliss-reactive ketones (excluding diaryl/α,β-unsaturated/α-hetero) is 2. The molecule has 0 bridgehead atoms. The van der Waals surface area contributed by atoms with Crippen molar-refractivity contribution < 1.29 is 52.2 Å². The van der Waals surface area contributed by atoms with Gasteiger partial charge in [-0.15, -0.1) is 0 Å². The third-order valence-corrected chi connectivity index (χ3v) is 8.79. The summed E-state index contributed by atoms with van der Waals surface area (Å²) in [5.74, 6) is -0.570. The Bertz CT molecular complexity index is 1850. The van der Waals surface area contributed by atoms with Crippen LogP contribution in [0.4, 0.5) is 0 Å². The topological polar surface area (TPSA) is 117 Å². The van der Waals surface area contributed by atoms with E-state index in [2.05, 4.69) is 0 Å². The zero-order valence-corrected chi connectivity index (χ0v) is 27.7. The van der Waals surface area contributed by atoms with Crippen LogP contribution in [0.5, 0.6) is 46.0 Å². The SMILES string of the molecule is COc1ccc(C[C@]2(OC)Oc3c(c(OC)cc(OC)c3[C@H]3Oc4cc(OC)cc(OC)c4C(=O)[C@@H]3c3ccc(OC)cc3)C2=O)cc1. The van der Waals surface area contributed by atoms with Gasteiger partial charge in [0.05, 0.1) is 54.1 Å². The minimum atomic E-state index is -1.76. The van der Waals surface area contributed by atoms with Gasteiger partial charge in [-0.2, -0.15) is 0 Å². The molecule has 2 aliphatic rings. The van der Waals surface area contributed by atoms with Gasteiger partial charge in [-0.3, -0.25) is 9.59 Å². The number of ether oxygens (including phenoxy) is 9. The number of methoxy groups -OCH3 is 7. The summed E-state index contributed by atoms with van der Waals surface area (Å²) in [4.78, 5) is 29.1. The van der Waals surface area contributed by atoms with E-state index in [4.69, 9.17) is 42.6 Å². The molecular weight excluding hydrogens is 620 g/mol. The van der Waals surface area contributed by atoms with Crippen molar-refractivity contribution in [3.8, 4) is 46.0 Å². The molecule has 0 aliphatic carbocycles. The van der Waals surface area contributed by atoms with Crippen molar-refractivity contribution >= 4 is 11.6 Å². The van der Waals surface area contributed by atoms with Gasteiger partial charge in [0.25, 0.3) is 5.79 Å². The van der Waals surface area contributed by atoms with Crippen LogP contribution in [0.1, 0.15) is 49.4 Å². The van der Waals surface area contributed by atoms with Gasteiger partial charge < -0.3 is 42.6 Å². The van der Waals surface area contributed by atoms with E-state index in [0.717, 1.165) is 5.56 Å². The maximum atomic E-state index is 14.7. The standard InChI is InChI=1S/C37H36O11/c1-40-22-12-8-20(9-13-22)19-37(46-7)36(39)32-27(45-6)18-26(44-5)31(35(32)48-37)34-29(21-10-14-23(41-2)15-11-21)33(38)30-25(43-4)16-24(42-3)17-28(30)47-34/h8-18,29,34H,19H2,1-7H3/t29-,34-,37-/m0/s1. The van der Waals surface area contributed by atoms with E-state index < -0.39 is 23.6 Å². The van der Waals surface area contributed by atoms with Gasteiger partial charge in [-0.1, -0.05) is 24.3 Å². The normalized spacial score (nSPS) is 19.4. The van der Waals surface area contributed by atoms with Crippen LogP contribution in [-0.4, -0.2) is 67.1 Å². The third-order valence-electron chi connectivity index (χ3n) is 8.79. The average Bonchev–Trinajstić information content (AvgIpc) is 3.41. The molecule has 2 heterocycles. The van der Waals surface area contributed by atoms with Gasteiger partial charge in [0, 0.05) is 31.7 Å². The molecule has 4 aromatic rings. The van der Waals surface area contributed by atoms with Crippen LogP contribution in [0.25, 0.3) is 0 Å². The highest BCUT2D eigenvalue weighted by molar-refractivity contribution is 6.10. The van der Waals surface area contributed by atoms with Gasteiger partial charge in [0.15, 0.2) is 5.78 Å². The number of fused-ring (bicyclic) bond motifs is 2. The van der Waals surface area contributed by atoms with E-state index in [1.54, 1.807) is 68.8 Å². The molecule has 0 N–H and O–H groups in total. The van der Waals surface area contributed by atoms with Crippen molar-refractivity contribution in [2.24, 2.45) is 0 Å². The largest absolute Gasteiger partial charge is 0.497 e. The molecular formula is C37H36O11. The maximum Gasteiger partial charge on any atom is 0.279 e. The fourth-order valence-electron chi connectivity index (χ4n) is 6.33. The van der Waals surface area contributed by atoms with Gasteiger partial charge in [-0.25, -0.2) is 0 Å². The monoisotopic (exact) mass is 656 g/mol. The van der Waals surface area contributed by atoms with Crippen molar-refractivity contribution in [1.82, 2.24) is 0 Å². The van der Waals surface area contributed by atoms with Gasteiger partial charge in [-0.05, 0) is 35.4 Å². The zero-order chi connectivity index (χ0) is 34.2. The first-order chi connectivity index (χ1) is 23.3. The minimum Gasteiger partial charge on any atom is -0.497 e. The predicted molar refractivity (Wildman–Crippen MR) is 174 cm³/mol. The molecule has 0 saturated heterocycles. The van der Waals surface area contributed by atoms with E-state index in [9.17, 15) is 9.59 Å². The first-order valence-electron chi connectivity index (χ1n) is 15.1. The van der Waals surface area contributed by atoms with E-state index in [0.29, 0.717) is 34.1 Å². The highest BCUT2D eigenvalue weighted by atomic mass is 16.7. The highest BCUT2D eigenvalue weighted by Crippen LogP contribution is 2.56. The highest BCUT2D eigenvalue weighted by Gasteiger charge is 2.54. The average molecular weight is 657 g/mol. The number of carbonyl (C=O) groups excluding carboxylic acids is 2. The first kappa shape index (κ1) is 32.5. The number of rotatable bonds is 11. The van der Waals surface area contributed by atoms with E-state index in [1.807, 2.05) is 12.1 Å². The summed E-state index contributed by atoms with van der Waals surface area (Å²) in [6, 6.07) is 19.2. The maximum absolute atomic E-state index is 14.7. The molecule has 11 nitrogen and oxygen atoms in total. The molecule has 11 heteroatoms. The summed E-state index contributed by atoms with van der Waals surface area (Å²) in [5, 5.41) is 0. The Labute approximate surface area is 278 Å². The quantitative estimate of drug-likeness (QED) is 0.189. The number of ketones is 2. The Hall–Kier alpha value is -5.42. The summed E-state index contributed by atoms with van der Waals surface area (Å²) in [6.45, 7) is 0. The molecule has 0 fully saturated rings. The number of hydrogen-bond donors (Lipinski definition) is 0. The van der Waals surface area contributed by atoms with Gasteiger partial charge in [0.1, 0.15) is 63.2 Å². The Kier molecular flexibility index (Phi) is 8.81. The smallest absolute Gasteiger partial charge is 0.279 e. The molecule has 6 rings (SSSR count). The number of hydrogen-bond acceptors (Lipinski definition) is 11. The van der Waals surface area contributed by atoms with Crippen LogP contribution < -0.4 is 37.9 Å². The number of benzene rings is 4. The van der Waals surface area contributed by atoms with Crippen LogP contribution >= 0.6 is 0 Å². The van der Waals surface area contributed by atoms with Crippen molar-refractivity contribution in [2.75, 3.05) is 49.8 Å². The lowest BCUT2D eigenvalue weighted by Crippen LogP contribution is -2.44. The summed E-state index contributed by atoms with van der Waals surface area (Å²) < 4.78 is 52.6. The molecule has 0 spiro atoms. The molecule has 48 heavy (non-hydrogen) atoms. The van der Waals surface area contributed by atoms with Crippen molar-refractivity contribution in [3.63, 3.8) is 0 Å². The second kappa shape index (κ2) is 13.0.